The molecule has 0 atom stereocenters. The maximum absolute atomic E-state index is 11.9. The molecule has 0 bridgehead atoms. The average molecular weight is 281 g/mol. The van der Waals surface area contributed by atoms with Gasteiger partial charge < -0.3 is 5.32 Å². The first-order chi connectivity index (χ1) is 8.69. The third kappa shape index (κ3) is 3.22. The molecule has 1 heterocycles. The number of halogens is 2. The fourth-order valence-corrected chi connectivity index (χ4v) is 1.75. The highest BCUT2D eigenvalue weighted by molar-refractivity contribution is 6.29. The predicted molar refractivity (Wildman–Crippen MR) is 73.2 cm³/mol. The minimum atomic E-state index is -0.231. The highest BCUT2D eigenvalue weighted by Gasteiger charge is 2.06. The maximum atomic E-state index is 11.9. The second kappa shape index (κ2) is 5.85. The number of nitrogens with one attached hydrogen (secondary N) is 1. The summed E-state index contributed by atoms with van der Waals surface area (Å²) < 4.78 is 0. The van der Waals surface area contributed by atoms with E-state index in [2.05, 4.69) is 10.3 Å². The summed E-state index contributed by atoms with van der Waals surface area (Å²) in [7, 11) is 0. The standard InChI is InChI=1S/C13H10Cl2N2O/c14-8-9-4-6-10(7-5-9)13(18)17-12-3-1-2-11(15)16-12/h1-7H,8H2,(H,16,17,18). The Morgan fingerprint density at radius 1 is 1.17 bits per heavy atom. The highest BCUT2D eigenvalue weighted by atomic mass is 35.5. The molecule has 0 aliphatic rings. The topological polar surface area (TPSA) is 42.0 Å². The Morgan fingerprint density at radius 2 is 1.89 bits per heavy atom. The Hall–Kier alpha value is -1.58. The number of alkyl halides is 1. The van der Waals surface area contributed by atoms with Gasteiger partial charge in [0.15, 0.2) is 0 Å². The van der Waals surface area contributed by atoms with Gasteiger partial charge in [0.05, 0.1) is 0 Å². The van der Waals surface area contributed by atoms with E-state index in [9.17, 15) is 4.79 Å². The molecule has 0 saturated heterocycles. The van der Waals surface area contributed by atoms with Crippen LogP contribution in [0.25, 0.3) is 0 Å². The molecular weight excluding hydrogens is 271 g/mol. The number of anilines is 1. The maximum Gasteiger partial charge on any atom is 0.256 e. The third-order valence-electron chi connectivity index (χ3n) is 2.33. The Labute approximate surface area is 115 Å². The summed E-state index contributed by atoms with van der Waals surface area (Å²) in [5, 5.41) is 3.01. The number of hydrogen-bond donors (Lipinski definition) is 1. The summed E-state index contributed by atoms with van der Waals surface area (Å²) in [5.41, 5.74) is 1.51. The quantitative estimate of drug-likeness (QED) is 0.688. The van der Waals surface area contributed by atoms with Gasteiger partial charge >= 0.3 is 0 Å². The van der Waals surface area contributed by atoms with E-state index in [1.807, 2.05) is 12.1 Å². The third-order valence-corrected chi connectivity index (χ3v) is 2.85. The number of rotatable bonds is 3. The molecule has 1 N–H and O–H groups in total. The van der Waals surface area contributed by atoms with E-state index >= 15 is 0 Å². The van der Waals surface area contributed by atoms with Gasteiger partial charge in [0.25, 0.3) is 5.91 Å². The number of carbonyl (C=O) groups is 1. The minimum Gasteiger partial charge on any atom is -0.307 e. The lowest BCUT2D eigenvalue weighted by Gasteiger charge is -2.05. The van der Waals surface area contributed by atoms with Gasteiger partial charge in [-0.3, -0.25) is 4.79 Å². The molecule has 0 fully saturated rings. The smallest absolute Gasteiger partial charge is 0.256 e. The van der Waals surface area contributed by atoms with Crippen molar-refractivity contribution in [3.63, 3.8) is 0 Å². The zero-order valence-electron chi connectivity index (χ0n) is 9.36. The number of aromatic nitrogens is 1. The summed E-state index contributed by atoms with van der Waals surface area (Å²) in [4.78, 5) is 15.9. The van der Waals surface area contributed by atoms with Crippen molar-refractivity contribution in [1.82, 2.24) is 4.98 Å². The van der Waals surface area contributed by atoms with Crippen molar-refractivity contribution in [3.8, 4) is 0 Å². The van der Waals surface area contributed by atoms with Gasteiger partial charge in [0, 0.05) is 11.4 Å². The van der Waals surface area contributed by atoms with Crippen LogP contribution in [0.5, 0.6) is 0 Å². The normalized spacial score (nSPS) is 10.1. The van der Waals surface area contributed by atoms with Crippen LogP contribution in [0.1, 0.15) is 15.9 Å². The molecule has 0 radical (unpaired) electrons. The summed E-state index contributed by atoms with van der Waals surface area (Å²) in [6, 6.07) is 12.1. The summed E-state index contributed by atoms with van der Waals surface area (Å²) in [6.45, 7) is 0. The van der Waals surface area contributed by atoms with Crippen molar-refractivity contribution < 1.29 is 4.79 Å². The van der Waals surface area contributed by atoms with Crippen LogP contribution in [0.3, 0.4) is 0 Å². The zero-order valence-corrected chi connectivity index (χ0v) is 10.9. The van der Waals surface area contributed by atoms with Gasteiger partial charge in [-0.05, 0) is 29.8 Å². The van der Waals surface area contributed by atoms with Crippen LogP contribution >= 0.6 is 23.2 Å². The van der Waals surface area contributed by atoms with E-state index in [4.69, 9.17) is 23.2 Å². The van der Waals surface area contributed by atoms with Gasteiger partial charge in [-0.2, -0.15) is 0 Å². The molecule has 2 aromatic rings. The number of amides is 1. The van der Waals surface area contributed by atoms with Gasteiger partial charge in [-0.25, -0.2) is 4.98 Å². The van der Waals surface area contributed by atoms with Gasteiger partial charge in [-0.15, -0.1) is 11.6 Å². The Balaban J connectivity index is 2.11. The van der Waals surface area contributed by atoms with Crippen molar-refractivity contribution >= 4 is 34.9 Å². The lowest BCUT2D eigenvalue weighted by atomic mass is 10.1. The SMILES string of the molecule is O=C(Nc1cccc(Cl)n1)c1ccc(CCl)cc1. The van der Waals surface area contributed by atoms with Crippen molar-refractivity contribution in [2.24, 2.45) is 0 Å². The van der Waals surface area contributed by atoms with E-state index in [-0.39, 0.29) is 5.91 Å². The van der Waals surface area contributed by atoms with E-state index in [0.29, 0.717) is 22.4 Å². The molecule has 92 valence electrons. The molecule has 2 rings (SSSR count). The molecule has 1 aromatic carbocycles. The van der Waals surface area contributed by atoms with E-state index in [1.54, 1.807) is 30.3 Å². The average Bonchev–Trinajstić information content (AvgIpc) is 2.39. The molecule has 1 aromatic heterocycles. The van der Waals surface area contributed by atoms with Crippen LogP contribution in [0.4, 0.5) is 5.82 Å². The first kappa shape index (κ1) is 12.9. The second-order valence-corrected chi connectivity index (χ2v) is 4.28. The molecule has 0 saturated carbocycles. The van der Waals surface area contributed by atoms with Crippen molar-refractivity contribution in [2.45, 2.75) is 5.88 Å². The monoisotopic (exact) mass is 280 g/mol. The lowest BCUT2D eigenvalue weighted by molar-refractivity contribution is 0.102. The molecule has 0 aliphatic carbocycles. The van der Waals surface area contributed by atoms with Gasteiger partial charge in [0.2, 0.25) is 0 Å². The predicted octanol–water partition coefficient (Wildman–Crippen LogP) is 3.73. The second-order valence-electron chi connectivity index (χ2n) is 3.63. The number of nitrogens with zero attached hydrogens (tertiary/aromatic N) is 1. The van der Waals surface area contributed by atoms with Crippen LogP contribution < -0.4 is 5.32 Å². The minimum absolute atomic E-state index is 0.231. The first-order valence-corrected chi connectivity index (χ1v) is 6.19. The molecule has 0 unspecified atom stereocenters. The van der Waals surface area contributed by atoms with Gasteiger partial charge in [-0.1, -0.05) is 29.8 Å². The van der Waals surface area contributed by atoms with E-state index in [1.165, 1.54) is 0 Å². The summed E-state index contributed by atoms with van der Waals surface area (Å²) >= 11 is 11.4. The molecule has 0 aliphatic heterocycles. The fourth-order valence-electron chi connectivity index (χ4n) is 1.41. The highest BCUT2D eigenvalue weighted by Crippen LogP contribution is 2.12. The lowest BCUT2D eigenvalue weighted by Crippen LogP contribution is -2.12. The Morgan fingerprint density at radius 3 is 2.50 bits per heavy atom. The van der Waals surface area contributed by atoms with Gasteiger partial charge in [0.1, 0.15) is 11.0 Å². The Bertz CT molecular complexity index is 555. The van der Waals surface area contributed by atoms with Crippen molar-refractivity contribution in [3.05, 3.63) is 58.7 Å². The first-order valence-electron chi connectivity index (χ1n) is 5.28. The zero-order chi connectivity index (χ0) is 13.0. The molecule has 0 spiro atoms. The molecule has 1 amide bonds. The number of hydrogen-bond acceptors (Lipinski definition) is 2. The van der Waals surface area contributed by atoms with Crippen molar-refractivity contribution in [2.75, 3.05) is 5.32 Å². The summed E-state index contributed by atoms with van der Waals surface area (Å²) in [6.07, 6.45) is 0. The van der Waals surface area contributed by atoms with Crippen LogP contribution in [-0.4, -0.2) is 10.9 Å². The number of pyridine rings is 1. The fraction of sp³-hybridized carbons (Fsp3) is 0.0769. The molecule has 3 nitrogen and oxygen atoms in total. The van der Waals surface area contributed by atoms with Crippen LogP contribution in [0, 0.1) is 0 Å². The van der Waals surface area contributed by atoms with Crippen LogP contribution in [0.2, 0.25) is 5.15 Å². The van der Waals surface area contributed by atoms with E-state index in [0.717, 1.165) is 5.56 Å². The van der Waals surface area contributed by atoms with E-state index < -0.39 is 0 Å². The number of carbonyl (C=O) groups excluding carboxylic acids is 1. The van der Waals surface area contributed by atoms with Crippen LogP contribution in [0.15, 0.2) is 42.5 Å². The molecule has 5 heteroatoms. The molecule has 18 heavy (non-hydrogen) atoms. The Kier molecular flexibility index (Phi) is 4.18. The van der Waals surface area contributed by atoms with Crippen LogP contribution in [-0.2, 0) is 5.88 Å². The molecular formula is C13H10Cl2N2O. The summed E-state index contributed by atoms with van der Waals surface area (Å²) in [5.74, 6) is 0.623. The number of benzene rings is 1. The largest absolute Gasteiger partial charge is 0.307 e. The van der Waals surface area contributed by atoms with Crippen molar-refractivity contribution in [1.29, 1.82) is 0 Å².